The summed E-state index contributed by atoms with van der Waals surface area (Å²) >= 11 is 0. The van der Waals surface area contributed by atoms with E-state index in [9.17, 15) is 18.4 Å². The molecule has 0 saturated carbocycles. The number of methoxy groups -OCH3 is 1. The lowest BCUT2D eigenvalue weighted by molar-refractivity contribution is -0.117. The Balaban J connectivity index is 2.43. The predicted molar refractivity (Wildman–Crippen MR) is 67.9 cm³/mol. The Kier molecular flexibility index (Phi) is 6.58. The Morgan fingerprint density at radius 2 is 2.10 bits per heavy atom. The first-order valence-electron chi connectivity index (χ1n) is 5.87. The van der Waals surface area contributed by atoms with Crippen molar-refractivity contribution in [3.05, 3.63) is 29.8 Å². The third kappa shape index (κ3) is 5.75. The summed E-state index contributed by atoms with van der Waals surface area (Å²) in [5, 5.41) is 2.54. The molecule has 0 radical (unpaired) electrons. The molecule has 0 bridgehead atoms. The molecule has 1 N–H and O–H groups in total. The van der Waals surface area contributed by atoms with Crippen LogP contribution >= 0.6 is 0 Å². The fourth-order valence-electron chi connectivity index (χ4n) is 1.40. The summed E-state index contributed by atoms with van der Waals surface area (Å²) in [6, 6.07) is 6.20. The van der Waals surface area contributed by atoms with Gasteiger partial charge in [0.15, 0.2) is 0 Å². The van der Waals surface area contributed by atoms with Gasteiger partial charge in [0, 0.05) is 5.69 Å². The minimum Gasteiger partial charge on any atom is -0.465 e. The van der Waals surface area contributed by atoms with E-state index >= 15 is 0 Å². The van der Waals surface area contributed by atoms with Gasteiger partial charge in [-0.2, -0.15) is 0 Å². The summed E-state index contributed by atoms with van der Waals surface area (Å²) in [5.74, 6) is -0.900. The zero-order valence-corrected chi connectivity index (χ0v) is 10.9. The maximum Gasteiger partial charge on any atom is 0.337 e. The Bertz CT molecular complexity index is 465. The van der Waals surface area contributed by atoms with Crippen LogP contribution in [0.3, 0.4) is 0 Å². The number of esters is 1. The van der Waals surface area contributed by atoms with Crippen LogP contribution in [0.2, 0.25) is 0 Å². The molecule has 0 spiro atoms. The number of hydrogen-bond donors (Lipinski definition) is 1. The minimum atomic E-state index is -2.55. The highest BCUT2D eigenvalue weighted by Gasteiger charge is 2.08. The molecule has 0 fully saturated rings. The predicted octanol–water partition coefficient (Wildman–Crippen LogP) is 2.08. The number of carbonyl (C=O) groups is 2. The lowest BCUT2D eigenvalue weighted by atomic mass is 10.2. The number of benzene rings is 1. The van der Waals surface area contributed by atoms with Crippen molar-refractivity contribution < 1.29 is 27.8 Å². The molecular formula is C13H15F2NO4. The first-order valence-corrected chi connectivity index (χ1v) is 5.87. The molecule has 0 aliphatic rings. The number of alkyl halides is 2. The lowest BCUT2D eigenvalue weighted by Crippen LogP contribution is -2.16. The summed E-state index contributed by atoms with van der Waals surface area (Å²) in [6.45, 7) is -0.780. The SMILES string of the molecule is COC(=O)c1cccc(NC(=O)CCOCC(F)F)c1. The molecule has 0 aromatic heterocycles. The van der Waals surface area contributed by atoms with Crippen LogP contribution in [0.5, 0.6) is 0 Å². The molecule has 20 heavy (non-hydrogen) atoms. The van der Waals surface area contributed by atoms with Crippen molar-refractivity contribution in [2.45, 2.75) is 12.8 Å². The first kappa shape index (κ1) is 16.0. The Morgan fingerprint density at radius 3 is 2.75 bits per heavy atom. The third-order valence-electron chi connectivity index (χ3n) is 2.28. The van der Waals surface area contributed by atoms with Gasteiger partial charge < -0.3 is 14.8 Å². The second kappa shape index (κ2) is 8.21. The number of carbonyl (C=O) groups excluding carboxylic acids is 2. The van der Waals surface area contributed by atoms with Gasteiger partial charge in [-0.15, -0.1) is 0 Å². The highest BCUT2D eigenvalue weighted by molar-refractivity contribution is 5.94. The Hall–Kier alpha value is -2.02. The summed E-state index contributed by atoms with van der Waals surface area (Å²) in [4.78, 5) is 22.8. The number of amides is 1. The highest BCUT2D eigenvalue weighted by Crippen LogP contribution is 2.11. The molecule has 1 amide bonds. The van der Waals surface area contributed by atoms with Crippen molar-refractivity contribution in [2.24, 2.45) is 0 Å². The smallest absolute Gasteiger partial charge is 0.337 e. The van der Waals surface area contributed by atoms with Crippen LogP contribution in [-0.2, 0) is 14.3 Å². The Labute approximate surface area is 114 Å². The number of halogens is 2. The van der Waals surface area contributed by atoms with Crippen molar-refractivity contribution in [1.82, 2.24) is 0 Å². The van der Waals surface area contributed by atoms with Crippen molar-refractivity contribution in [3.63, 3.8) is 0 Å². The second-order valence-electron chi connectivity index (χ2n) is 3.84. The van der Waals surface area contributed by atoms with Crippen molar-refractivity contribution in [3.8, 4) is 0 Å². The van der Waals surface area contributed by atoms with E-state index in [1.165, 1.54) is 13.2 Å². The van der Waals surface area contributed by atoms with Crippen LogP contribution in [0.1, 0.15) is 16.8 Å². The number of nitrogens with one attached hydrogen (secondary N) is 1. The van der Waals surface area contributed by atoms with Gasteiger partial charge in [-0.3, -0.25) is 4.79 Å². The van der Waals surface area contributed by atoms with E-state index in [0.717, 1.165) is 0 Å². The zero-order valence-electron chi connectivity index (χ0n) is 10.9. The van der Waals surface area contributed by atoms with Crippen LogP contribution < -0.4 is 5.32 Å². The molecular weight excluding hydrogens is 272 g/mol. The van der Waals surface area contributed by atoms with Gasteiger partial charge in [-0.1, -0.05) is 6.07 Å². The topological polar surface area (TPSA) is 64.6 Å². The average molecular weight is 287 g/mol. The van der Waals surface area contributed by atoms with Crippen molar-refractivity contribution in [1.29, 1.82) is 0 Å². The van der Waals surface area contributed by atoms with Gasteiger partial charge in [0.25, 0.3) is 6.43 Å². The summed E-state index contributed by atoms with van der Waals surface area (Å²) < 4.78 is 32.7. The van der Waals surface area contributed by atoms with Gasteiger partial charge in [0.1, 0.15) is 6.61 Å². The van der Waals surface area contributed by atoms with Gasteiger partial charge >= 0.3 is 5.97 Å². The number of rotatable bonds is 7. The fraction of sp³-hybridized carbons (Fsp3) is 0.385. The molecule has 1 aromatic rings. The van der Waals surface area contributed by atoms with E-state index in [2.05, 4.69) is 14.8 Å². The van der Waals surface area contributed by atoms with Gasteiger partial charge in [0.05, 0.1) is 25.7 Å². The standard InChI is InChI=1S/C13H15F2NO4/c1-19-13(18)9-3-2-4-10(7-9)16-12(17)5-6-20-8-11(14)15/h2-4,7,11H,5-6,8H2,1H3,(H,16,17). The summed E-state index contributed by atoms with van der Waals surface area (Å²) in [7, 11) is 1.26. The molecule has 110 valence electrons. The second-order valence-corrected chi connectivity index (χ2v) is 3.84. The van der Waals surface area contributed by atoms with E-state index in [4.69, 9.17) is 0 Å². The quantitative estimate of drug-likeness (QED) is 0.616. The molecule has 0 aliphatic carbocycles. The van der Waals surface area contributed by atoms with Crippen molar-refractivity contribution in [2.75, 3.05) is 25.6 Å². The molecule has 0 aliphatic heterocycles. The maximum absolute atomic E-state index is 11.8. The van der Waals surface area contributed by atoms with Crippen LogP contribution in [0.25, 0.3) is 0 Å². The lowest BCUT2D eigenvalue weighted by Gasteiger charge is -2.07. The third-order valence-corrected chi connectivity index (χ3v) is 2.28. The molecule has 1 aromatic carbocycles. The molecule has 0 atom stereocenters. The highest BCUT2D eigenvalue weighted by atomic mass is 19.3. The number of hydrogen-bond acceptors (Lipinski definition) is 4. The van der Waals surface area contributed by atoms with Crippen LogP contribution in [0.15, 0.2) is 24.3 Å². The maximum atomic E-state index is 11.8. The first-order chi connectivity index (χ1) is 9.52. The largest absolute Gasteiger partial charge is 0.465 e. The summed E-state index contributed by atoms with van der Waals surface area (Å²) in [5.41, 5.74) is 0.728. The number of anilines is 1. The fourth-order valence-corrected chi connectivity index (χ4v) is 1.40. The van der Waals surface area contributed by atoms with Gasteiger partial charge in [-0.25, -0.2) is 13.6 Å². The molecule has 0 unspecified atom stereocenters. The zero-order chi connectivity index (χ0) is 15.0. The van der Waals surface area contributed by atoms with Crippen molar-refractivity contribution >= 4 is 17.6 Å². The van der Waals surface area contributed by atoms with Gasteiger partial charge in [0.2, 0.25) is 5.91 Å². The van der Waals surface area contributed by atoms with E-state index in [1.807, 2.05) is 0 Å². The molecule has 7 heteroatoms. The summed E-state index contributed by atoms with van der Waals surface area (Å²) in [6.07, 6.45) is -2.59. The van der Waals surface area contributed by atoms with Crippen LogP contribution in [-0.4, -0.2) is 38.6 Å². The molecule has 0 saturated heterocycles. The van der Waals surface area contributed by atoms with E-state index in [1.54, 1.807) is 18.2 Å². The molecule has 5 nitrogen and oxygen atoms in total. The molecule has 0 heterocycles. The monoisotopic (exact) mass is 287 g/mol. The van der Waals surface area contributed by atoms with Gasteiger partial charge in [-0.05, 0) is 18.2 Å². The normalized spacial score (nSPS) is 10.4. The van der Waals surface area contributed by atoms with Crippen LogP contribution in [0.4, 0.5) is 14.5 Å². The van der Waals surface area contributed by atoms with E-state index < -0.39 is 19.0 Å². The van der Waals surface area contributed by atoms with Crippen LogP contribution in [0, 0.1) is 0 Å². The van der Waals surface area contributed by atoms with E-state index in [-0.39, 0.29) is 18.9 Å². The van der Waals surface area contributed by atoms with E-state index in [0.29, 0.717) is 11.3 Å². The average Bonchev–Trinajstić information content (AvgIpc) is 2.43. The number of ether oxygens (including phenoxy) is 2. The Morgan fingerprint density at radius 1 is 1.35 bits per heavy atom. The minimum absolute atomic E-state index is 0.0465. The molecule has 1 rings (SSSR count).